The molecule has 0 aliphatic heterocycles. The summed E-state index contributed by atoms with van der Waals surface area (Å²) in [5, 5.41) is 0. The lowest BCUT2D eigenvalue weighted by atomic mass is 10.1. The summed E-state index contributed by atoms with van der Waals surface area (Å²) in [5.74, 6) is 0.881. The zero-order chi connectivity index (χ0) is 17.9. The molecule has 0 radical (unpaired) electrons. The van der Waals surface area contributed by atoms with E-state index in [1.807, 2.05) is 32.0 Å². The Hall–Kier alpha value is -2.05. The Balaban J connectivity index is 2.32. The van der Waals surface area contributed by atoms with Crippen LogP contribution < -0.4 is 9.47 Å². The van der Waals surface area contributed by atoms with Crippen molar-refractivity contribution >= 4 is 10.0 Å². The Labute approximate surface area is 143 Å². The quantitative estimate of drug-likeness (QED) is 0.804. The molecule has 2 aromatic rings. The van der Waals surface area contributed by atoms with Crippen LogP contribution in [0.25, 0.3) is 0 Å². The van der Waals surface area contributed by atoms with E-state index in [9.17, 15) is 8.42 Å². The minimum atomic E-state index is -3.62. The molecule has 0 aliphatic carbocycles. The molecule has 24 heavy (non-hydrogen) atoms. The lowest BCUT2D eigenvalue weighted by molar-refractivity contribution is 0.353. The number of hydrogen-bond donors (Lipinski definition) is 0. The summed E-state index contributed by atoms with van der Waals surface area (Å²) in [6, 6.07) is 10.6. The van der Waals surface area contributed by atoms with Gasteiger partial charge in [-0.25, -0.2) is 8.42 Å². The second kappa shape index (κ2) is 7.23. The zero-order valence-corrected chi connectivity index (χ0v) is 15.5. The zero-order valence-electron chi connectivity index (χ0n) is 14.7. The molecular weight excluding hydrogens is 326 g/mol. The highest BCUT2D eigenvalue weighted by molar-refractivity contribution is 7.89. The van der Waals surface area contributed by atoms with Crippen molar-refractivity contribution in [1.82, 2.24) is 4.31 Å². The predicted octanol–water partition coefficient (Wildman–Crippen LogP) is 3.14. The van der Waals surface area contributed by atoms with Gasteiger partial charge in [0, 0.05) is 19.7 Å². The molecule has 0 aromatic heterocycles. The monoisotopic (exact) mass is 349 g/mol. The first kappa shape index (κ1) is 18.3. The second-order valence-electron chi connectivity index (χ2n) is 5.71. The third kappa shape index (κ3) is 3.71. The maximum absolute atomic E-state index is 12.8. The van der Waals surface area contributed by atoms with Gasteiger partial charge in [-0.15, -0.1) is 0 Å². The third-order valence-electron chi connectivity index (χ3n) is 3.95. The van der Waals surface area contributed by atoms with E-state index in [1.165, 1.54) is 30.7 Å². The van der Waals surface area contributed by atoms with Crippen LogP contribution in [0.2, 0.25) is 0 Å². The van der Waals surface area contributed by atoms with Crippen molar-refractivity contribution in [3.8, 4) is 11.5 Å². The average Bonchev–Trinajstić information content (AvgIpc) is 2.56. The number of aryl methyl sites for hydroxylation is 2. The lowest BCUT2D eigenvalue weighted by Crippen LogP contribution is -2.26. The highest BCUT2D eigenvalue weighted by atomic mass is 32.2. The highest BCUT2D eigenvalue weighted by Crippen LogP contribution is 2.30. The van der Waals surface area contributed by atoms with Gasteiger partial charge in [0.15, 0.2) is 11.5 Å². The Kier molecular flexibility index (Phi) is 5.51. The fraction of sp³-hybridized carbons (Fsp3) is 0.333. The van der Waals surface area contributed by atoms with Crippen LogP contribution in [0, 0.1) is 13.8 Å². The number of sulfonamides is 1. The van der Waals surface area contributed by atoms with E-state index in [0.29, 0.717) is 18.0 Å². The Morgan fingerprint density at radius 2 is 1.62 bits per heavy atom. The van der Waals surface area contributed by atoms with Crippen LogP contribution in [0.4, 0.5) is 0 Å². The Bertz CT molecular complexity index is 831. The number of rotatable bonds is 6. The summed E-state index contributed by atoms with van der Waals surface area (Å²) in [7, 11) is 0.943. The van der Waals surface area contributed by atoms with Gasteiger partial charge in [-0.2, -0.15) is 4.31 Å². The molecule has 0 aliphatic rings. The molecule has 0 atom stereocenters. The van der Waals surface area contributed by atoms with Gasteiger partial charge in [0.25, 0.3) is 0 Å². The van der Waals surface area contributed by atoms with Crippen LogP contribution in [0.3, 0.4) is 0 Å². The Morgan fingerprint density at radius 1 is 0.958 bits per heavy atom. The van der Waals surface area contributed by atoms with Crippen LogP contribution in [-0.4, -0.2) is 34.0 Å². The molecule has 2 aromatic carbocycles. The van der Waals surface area contributed by atoms with Crippen molar-refractivity contribution in [2.24, 2.45) is 0 Å². The molecule has 130 valence electrons. The van der Waals surface area contributed by atoms with Crippen molar-refractivity contribution in [3.63, 3.8) is 0 Å². The van der Waals surface area contributed by atoms with Crippen LogP contribution >= 0.6 is 0 Å². The van der Waals surface area contributed by atoms with Crippen LogP contribution in [0.15, 0.2) is 41.3 Å². The van der Waals surface area contributed by atoms with Crippen LogP contribution in [0.1, 0.15) is 16.7 Å². The van der Waals surface area contributed by atoms with E-state index >= 15 is 0 Å². The van der Waals surface area contributed by atoms with Gasteiger partial charge in [0.2, 0.25) is 10.0 Å². The second-order valence-corrected chi connectivity index (χ2v) is 7.75. The number of hydrogen-bond acceptors (Lipinski definition) is 4. The van der Waals surface area contributed by atoms with E-state index in [1.54, 1.807) is 13.1 Å². The van der Waals surface area contributed by atoms with E-state index in [0.717, 1.165) is 16.7 Å². The van der Waals surface area contributed by atoms with Gasteiger partial charge in [0.05, 0.1) is 19.1 Å². The Morgan fingerprint density at radius 3 is 2.21 bits per heavy atom. The van der Waals surface area contributed by atoms with Gasteiger partial charge in [-0.1, -0.05) is 23.8 Å². The van der Waals surface area contributed by atoms with Gasteiger partial charge in [-0.05, 0) is 37.1 Å². The molecule has 5 nitrogen and oxygen atoms in total. The SMILES string of the molecule is COc1ccc(S(=O)(=O)N(C)Cc2ccc(C)cc2C)cc1OC. The maximum atomic E-state index is 12.8. The van der Waals surface area contributed by atoms with Crippen molar-refractivity contribution in [3.05, 3.63) is 53.1 Å². The van der Waals surface area contributed by atoms with Gasteiger partial charge in [-0.3, -0.25) is 0 Å². The molecular formula is C18H23NO4S. The standard InChI is InChI=1S/C18H23NO4S/c1-13-6-7-15(14(2)10-13)12-19(3)24(20,21)16-8-9-17(22-4)18(11-16)23-5/h6-11H,12H2,1-5H3. The summed E-state index contributed by atoms with van der Waals surface area (Å²) < 4.78 is 37.3. The topological polar surface area (TPSA) is 55.8 Å². The van der Waals surface area contributed by atoms with Gasteiger partial charge >= 0.3 is 0 Å². The molecule has 0 spiro atoms. The number of methoxy groups -OCH3 is 2. The molecule has 0 bridgehead atoms. The fourth-order valence-corrected chi connectivity index (χ4v) is 3.67. The summed E-state index contributed by atoms with van der Waals surface area (Å²) in [6.07, 6.45) is 0. The first-order valence-electron chi connectivity index (χ1n) is 7.54. The minimum Gasteiger partial charge on any atom is -0.493 e. The summed E-state index contributed by atoms with van der Waals surface area (Å²) >= 11 is 0. The molecule has 6 heteroatoms. The highest BCUT2D eigenvalue weighted by Gasteiger charge is 2.23. The first-order chi connectivity index (χ1) is 11.3. The lowest BCUT2D eigenvalue weighted by Gasteiger charge is -2.19. The predicted molar refractivity (Wildman–Crippen MR) is 94.1 cm³/mol. The molecule has 2 rings (SSSR count). The molecule has 0 saturated heterocycles. The van der Waals surface area contributed by atoms with E-state index in [4.69, 9.17) is 9.47 Å². The average molecular weight is 349 g/mol. The van der Waals surface area contributed by atoms with Gasteiger partial charge in [0.1, 0.15) is 0 Å². The van der Waals surface area contributed by atoms with Crippen molar-refractivity contribution in [1.29, 1.82) is 0 Å². The normalized spacial score (nSPS) is 11.6. The minimum absolute atomic E-state index is 0.174. The molecule has 0 saturated carbocycles. The number of nitrogens with zero attached hydrogens (tertiary/aromatic N) is 1. The molecule has 0 amide bonds. The largest absolute Gasteiger partial charge is 0.493 e. The maximum Gasteiger partial charge on any atom is 0.243 e. The fourth-order valence-electron chi connectivity index (χ4n) is 2.51. The molecule has 0 N–H and O–H groups in total. The summed E-state index contributed by atoms with van der Waals surface area (Å²) in [5.41, 5.74) is 3.21. The van der Waals surface area contributed by atoms with E-state index < -0.39 is 10.0 Å². The number of benzene rings is 2. The summed E-state index contributed by atoms with van der Waals surface area (Å²) in [4.78, 5) is 0.174. The number of ether oxygens (including phenoxy) is 2. The van der Waals surface area contributed by atoms with Crippen molar-refractivity contribution in [2.45, 2.75) is 25.3 Å². The van der Waals surface area contributed by atoms with E-state index in [-0.39, 0.29) is 4.90 Å². The summed E-state index contributed by atoms with van der Waals surface area (Å²) in [6.45, 7) is 4.31. The van der Waals surface area contributed by atoms with Crippen LogP contribution in [0.5, 0.6) is 11.5 Å². The smallest absolute Gasteiger partial charge is 0.243 e. The van der Waals surface area contributed by atoms with Crippen molar-refractivity contribution in [2.75, 3.05) is 21.3 Å². The van der Waals surface area contributed by atoms with Crippen molar-refractivity contribution < 1.29 is 17.9 Å². The third-order valence-corrected chi connectivity index (χ3v) is 5.75. The molecule has 0 unspecified atom stereocenters. The first-order valence-corrected chi connectivity index (χ1v) is 8.98. The molecule has 0 fully saturated rings. The molecule has 0 heterocycles. The van der Waals surface area contributed by atoms with Crippen LogP contribution in [-0.2, 0) is 16.6 Å². The van der Waals surface area contributed by atoms with Gasteiger partial charge < -0.3 is 9.47 Å². The van der Waals surface area contributed by atoms with E-state index in [2.05, 4.69) is 0 Å².